The van der Waals surface area contributed by atoms with Crippen molar-refractivity contribution in [3.8, 4) is 0 Å². The van der Waals surface area contributed by atoms with Gasteiger partial charge in [0.1, 0.15) is 4.90 Å². The third-order valence-corrected chi connectivity index (χ3v) is 4.37. The Labute approximate surface area is 133 Å². The van der Waals surface area contributed by atoms with Crippen molar-refractivity contribution in [2.45, 2.75) is 11.8 Å². The third kappa shape index (κ3) is 4.82. The Bertz CT molecular complexity index is 634. The molecule has 0 heterocycles. The molecule has 118 valence electrons. The number of hydrogen-bond acceptors (Lipinski definition) is 4. The Balaban J connectivity index is 3.10. The number of hydrogen-bond donors (Lipinski definition) is 1. The molecule has 0 saturated heterocycles. The summed E-state index contributed by atoms with van der Waals surface area (Å²) in [5.74, 6) is -0.443. The summed E-state index contributed by atoms with van der Waals surface area (Å²) >= 11 is 11.7. The van der Waals surface area contributed by atoms with Gasteiger partial charge in [0.15, 0.2) is 0 Å². The minimum atomic E-state index is -4.04. The van der Waals surface area contributed by atoms with E-state index in [1.165, 1.54) is 11.0 Å². The molecular weight excluding hydrogens is 339 g/mol. The summed E-state index contributed by atoms with van der Waals surface area (Å²) in [6, 6.07) is 2.27. The van der Waals surface area contributed by atoms with Crippen molar-refractivity contribution in [3.63, 3.8) is 0 Å². The van der Waals surface area contributed by atoms with Crippen LogP contribution in [0.3, 0.4) is 0 Å². The van der Waals surface area contributed by atoms with Gasteiger partial charge in [-0.25, -0.2) is 13.6 Å². The van der Waals surface area contributed by atoms with Gasteiger partial charge in [-0.05, 0) is 19.1 Å². The van der Waals surface area contributed by atoms with E-state index in [4.69, 9.17) is 33.1 Å². The van der Waals surface area contributed by atoms with Crippen LogP contribution in [0, 0.1) is 0 Å². The lowest BCUT2D eigenvalue weighted by molar-refractivity contribution is 0.0710. The number of nitrogens with two attached hydrogens (primary N) is 1. The van der Waals surface area contributed by atoms with Crippen LogP contribution in [0.2, 0.25) is 10.0 Å². The molecule has 1 rings (SSSR count). The number of ether oxygens (including phenoxy) is 1. The predicted octanol–water partition coefficient (Wildman–Crippen LogP) is 1.75. The fourth-order valence-corrected chi connectivity index (χ4v) is 2.96. The molecule has 0 fully saturated rings. The standard InChI is InChI=1S/C12H16Cl2N2O4S/c1-3-20-5-4-16(2)12(17)8-6-11(21(15,18)19)10(14)7-9(8)13/h6-7H,3-5H2,1-2H3,(H2,15,18,19). The smallest absolute Gasteiger partial charge is 0.255 e. The highest BCUT2D eigenvalue weighted by atomic mass is 35.5. The highest BCUT2D eigenvalue weighted by Gasteiger charge is 2.21. The van der Waals surface area contributed by atoms with Gasteiger partial charge in [0.2, 0.25) is 10.0 Å². The topological polar surface area (TPSA) is 89.7 Å². The van der Waals surface area contributed by atoms with Crippen LogP contribution in [-0.4, -0.2) is 46.0 Å². The number of halogens is 2. The first-order chi connectivity index (χ1) is 9.68. The Hall–Kier alpha value is -0.860. The van der Waals surface area contributed by atoms with Crippen molar-refractivity contribution in [1.29, 1.82) is 0 Å². The van der Waals surface area contributed by atoms with Gasteiger partial charge in [-0.3, -0.25) is 4.79 Å². The molecule has 2 N–H and O–H groups in total. The molecule has 9 heteroatoms. The molecule has 0 aliphatic rings. The Morgan fingerprint density at radius 2 is 1.95 bits per heavy atom. The Morgan fingerprint density at radius 1 is 1.33 bits per heavy atom. The van der Waals surface area contributed by atoms with Crippen molar-refractivity contribution in [1.82, 2.24) is 4.90 Å². The zero-order valence-corrected chi connectivity index (χ0v) is 13.9. The molecule has 1 aromatic carbocycles. The quantitative estimate of drug-likeness (QED) is 0.788. The molecule has 0 radical (unpaired) electrons. The van der Waals surface area contributed by atoms with E-state index in [0.717, 1.165) is 6.07 Å². The highest BCUT2D eigenvalue weighted by Crippen LogP contribution is 2.28. The lowest BCUT2D eigenvalue weighted by Crippen LogP contribution is -2.30. The minimum Gasteiger partial charge on any atom is -0.380 e. The first-order valence-corrected chi connectivity index (χ1v) is 8.33. The van der Waals surface area contributed by atoms with Crippen LogP contribution in [0.4, 0.5) is 0 Å². The van der Waals surface area contributed by atoms with Crippen molar-refractivity contribution in [2.24, 2.45) is 5.14 Å². The predicted molar refractivity (Wildman–Crippen MR) is 81.3 cm³/mol. The second-order valence-corrected chi connectivity index (χ2v) is 6.58. The number of primary sulfonamides is 1. The van der Waals surface area contributed by atoms with Crippen LogP contribution in [-0.2, 0) is 14.8 Å². The van der Waals surface area contributed by atoms with Crippen LogP contribution in [0.1, 0.15) is 17.3 Å². The number of carbonyl (C=O) groups is 1. The number of rotatable bonds is 6. The summed E-state index contributed by atoms with van der Waals surface area (Å²) in [5.41, 5.74) is 0.0177. The summed E-state index contributed by atoms with van der Waals surface area (Å²) in [4.78, 5) is 13.3. The average Bonchev–Trinajstić information content (AvgIpc) is 2.36. The maximum atomic E-state index is 12.3. The molecule has 0 spiro atoms. The van der Waals surface area contributed by atoms with Crippen LogP contribution in [0.5, 0.6) is 0 Å². The van der Waals surface area contributed by atoms with E-state index in [1.54, 1.807) is 7.05 Å². The summed E-state index contributed by atoms with van der Waals surface area (Å²) < 4.78 is 28.0. The van der Waals surface area contributed by atoms with Gasteiger partial charge < -0.3 is 9.64 Å². The molecule has 0 aromatic heterocycles. The third-order valence-electron chi connectivity index (χ3n) is 2.68. The number of likely N-dealkylation sites (N-methyl/N-ethyl adjacent to an activating group) is 1. The lowest BCUT2D eigenvalue weighted by Gasteiger charge is -2.18. The van der Waals surface area contributed by atoms with E-state index in [9.17, 15) is 13.2 Å². The Kier molecular flexibility index (Phi) is 6.42. The number of amides is 1. The van der Waals surface area contributed by atoms with E-state index < -0.39 is 15.9 Å². The fourth-order valence-electron chi connectivity index (χ4n) is 1.56. The van der Waals surface area contributed by atoms with Crippen LogP contribution in [0.15, 0.2) is 17.0 Å². The van der Waals surface area contributed by atoms with Crippen LogP contribution < -0.4 is 5.14 Å². The molecule has 0 unspecified atom stereocenters. The van der Waals surface area contributed by atoms with Crippen molar-refractivity contribution in [3.05, 3.63) is 27.7 Å². The highest BCUT2D eigenvalue weighted by molar-refractivity contribution is 7.89. The largest absolute Gasteiger partial charge is 0.380 e. The second-order valence-electron chi connectivity index (χ2n) is 4.23. The van der Waals surface area contributed by atoms with Crippen LogP contribution in [0.25, 0.3) is 0 Å². The average molecular weight is 355 g/mol. The SMILES string of the molecule is CCOCCN(C)C(=O)c1cc(S(N)(=O)=O)c(Cl)cc1Cl. The monoisotopic (exact) mass is 354 g/mol. The Morgan fingerprint density at radius 3 is 2.48 bits per heavy atom. The molecule has 0 atom stereocenters. The van der Waals surface area contributed by atoms with E-state index in [-0.39, 0.29) is 20.5 Å². The summed E-state index contributed by atoms with van der Waals surface area (Å²) in [7, 11) is -2.48. The minimum absolute atomic E-state index is 0.0177. The van der Waals surface area contributed by atoms with Gasteiger partial charge in [-0.1, -0.05) is 23.2 Å². The lowest BCUT2D eigenvalue weighted by atomic mass is 10.2. The summed E-state index contributed by atoms with van der Waals surface area (Å²) in [6.07, 6.45) is 0. The zero-order chi connectivity index (χ0) is 16.2. The molecular formula is C12H16Cl2N2O4S. The summed E-state index contributed by atoms with van der Waals surface area (Å²) in [6.45, 7) is 3.10. The molecule has 6 nitrogen and oxygen atoms in total. The normalized spacial score (nSPS) is 11.5. The van der Waals surface area contributed by atoms with Gasteiger partial charge in [0, 0.05) is 20.2 Å². The zero-order valence-electron chi connectivity index (χ0n) is 11.6. The maximum absolute atomic E-state index is 12.3. The molecule has 0 aliphatic carbocycles. The van der Waals surface area contributed by atoms with Crippen molar-refractivity contribution >= 4 is 39.1 Å². The van der Waals surface area contributed by atoms with Gasteiger partial charge in [0.05, 0.1) is 22.2 Å². The second kappa shape index (κ2) is 7.42. The van der Waals surface area contributed by atoms with E-state index >= 15 is 0 Å². The van der Waals surface area contributed by atoms with Crippen LogP contribution >= 0.6 is 23.2 Å². The maximum Gasteiger partial charge on any atom is 0.255 e. The number of nitrogens with zero attached hydrogens (tertiary/aromatic N) is 1. The van der Waals surface area contributed by atoms with Gasteiger partial charge in [-0.15, -0.1) is 0 Å². The molecule has 21 heavy (non-hydrogen) atoms. The van der Waals surface area contributed by atoms with Crippen molar-refractivity contribution < 1.29 is 17.9 Å². The van der Waals surface area contributed by atoms with Gasteiger partial charge >= 0.3 is 0 Å². The first kappa shape index (κ1) is 18.2. The molecule has 0 saturated carbocycles. The molecule has 0 aliphatic heterocycles. The van der Waals surface area contributed by atoms with E-state index in [0.29, 0.717) is 19.8 Å². The number of sulfonamides is 1. The number of carbonyl (C=O) groups excluding carboxylic acids is 1. The van der Waals surface area contributed by atoms with Gasteiger partial charge in [0.25, 0.3) is 5.91 Å². The first-order valence-electron chi connectivity index (χ1n) is 6.03. The van der Waals surface area contributed by atoms with E-state index in [1.807, 2.05) is 6.92 Å². The molecule has 1 amide bonds. The molecule has 0 bridgehead atoms. The summed E-state index contributed by atoms with van der Waals surface area (Å²) in [5, 5.41) is 4.98. The number of benzene rings is 1. The fraction of sp³-hybridized carbons (Fsp3) is 0.417. The molecule has 1 aromatic rings. The van der Waals surface area contributed by atoms with E-state index in [2.05, 4.69) is 0 Å². The van der Waals surface area contributed by atoms with Crippen molar-refractivity contribution in [2.75, 3.05) is 26.8 Å². The van der Waals surface area contributed by atoms with Gasteiger partial charge in [-0.2, -0.15) is 0 Å².